The molecule has 0 aliphatic heterocycles. The lowest BCUT2D eigenvalue weighted by molar-refractivity contribution is -0.118. The Labute approximate surface area is 107 Å². The third-order valence-electron chi connectivity index (χ3n) is 2.59. The minimum absolute atomic E-state index is 0.0112. The van der Waals surface area contributed by atoms with Crippen LogP contribution < -0.4 is 10.1 Å². The highest BCUT2D eigenvalue weighted by molar-refractivity contribution is 6.27. The molecule has 0 radical (unpaired) electrons. The Morgan fingerprint density at radius 1 is 1.24 bits per heavy atom. The Morgan fingerprint density at radius 2 is 1.88 bits per heavy atom. The van der Waals surface area contributed by atoms with E-state index in [0.29, 0.717) is 13.2 Å². The molecule has 0 unspecified atom stereocenters. The quantitative estimate of drug-likeness (QED) is 0.648. The number of ether oxygens (including phenoxy) is 1. The predicted octanol–water partition coefficient (Wildman–Crippen LogP) is 2.35. The van der Waals surface area contributed by atoms with Crippen LogP contribution in [0.25, 0.3) is 0 Å². The molecule has 0 bridgehead atoms. The largest absolute Gasteiger partial charge is 0.491 e. The average molecular weight is 256 g/mol. The van der Waals surface area contributed by atoms with Crippen LogP contribution >= 0.6 is 11.6 Å². The second-order valence-electron chi connectivity index (χ2n) is 4.03. The normalized spacial score (nSPS) is 10.1. The van der Waals surface area contributed by atoms with Gasteiger partial charge in [0.05, 0.1) is 6.54 Å². The minimum atomic E-state index is -0.174. The number of amides is 1. The van der Waals surface area contributed by atoms with E-state index in [0.717, 1.165) is 11.3 Å². The van der Waals surface area contributed by atoms with Crippen LogP contribution in [0.3, 0.4) is 0 Å². The van der Waals surface area contributed by atoms with Gasteiger partial charge < -0.3 is 10.1 Å². The summed E-state index contributed by atoms with van der Waals surface area (Å²) in [5, 5.41) is 2.65. The Bertz CT molecular complexity index is 405. The zero-order chi connectivity index (χ0) is 12.8. The molecule has 3 nitrogen and oxygen atoms in total. The van der Waals surface area contributed by atoms with Gasteiger partial charge in [-0.2, -0.15) is 0 Å². The van der Waals surface area contributed by atoms with Gasteiger partial charge >= 0.3 is 0 Å². The Hall–Kier alpha value is -1.22. The molecule has 1 N–H and O–H groups in total. The first-order valence-corrected chi connectivity index (χ1v) is 6.11. The van der Waals surface area contributed by atoms with Gasteiger partial charge in [-0.1, -0.05) is 6.07 Å². The smallest absolute Gasteiger partial charge is 0.235 e. The highest BCUT2D eigenvalue weighted by Crippen LogP contribution is 2.22. The summed E-state index contributed by atoms with van der Waals surface area (Å²) >= 11 is 5.36. The van der Waals surface area contributed by atoms with E-state index in [1.54, 1.807) is 0 Å². The van der Waals surface area contributed by atoms with E-state index in [-0.39, 0.29) is 11.8 Å². The third-order valence-corrected chi connectivity index (χ3v) is 2.84. The summed E-state index contributed by atoms with van der Waals surface area (Å²) < 4.78 is 5.61. The van der Waals surface area contributed by atoms with Crippen molar-refractivity contribution in [1.29, 1.82) is 0 Å². The highest BCUT2D eigenvalue weighted by atomic mass is 35.5. The Kier molecular flexibility index (Phi) is 5.29. The van der Waals surface area contributed by atoms with Gasteiger partial charge in [-0.05, 0) is 43.5 Å². The first kappa shape index (κ1) is 13.8. The zero-order valence-corrected chi connectivity index (χ0v) is 11.2. The van der Waals surface area contributed by atoms with Crippen LogP contribution in [0.4, 0.5) is 0 Å². The second-order valence-corrected chi connectivity index (χ2v) is 4.30. The Balaban J connectivity index is 2.47. The number of rotatable bonds is 5. The molecule has 0 saturated heterocycles. The van der Waals surface area contributed by atoms with Crippen molar-refractivity contribution >= 4 is 17.5 Å². The summed E-state index contributed by atoms with van der Waals surface area (Å²) in [6, 6.07) is 4.12. The zero-order valence-electron chi connectivity index (χ0n) is 10.5. The van der Waals surface area contributed by atoms with Gasteiger partial charge in [0.25, 0.3) is 0 Å². The molecule has 0 heterocycles. The van der Waals surface area contributed by atoms with Crippen molar-refractivity contribution in [2.75, 3.05) is 19.0 Å². The van der Waals surface area contributed by atoms with Gasteiger partial charge in [-0.25, -0.2) is 0 Å². The first-order chi connectivity index (χ1) is 8.04. The van der Waals surface area contributed by atoms with Gasteiger partial charge in [-0.15, -0.1) is 11.6 Å². The summed E-state index contributed by atoms with van der Waals surface area (Å²) in [6.45, 7) is 7.06. The molecular weight excluding hydrogens is 238 g/mol. The van der Waals surface area contributed by atoms with Crippen molar-refractivity contribution in [3.63, 3.8) is 0 Å². The topological polar surface area (TPSA) is 38.3 Å². The van der Waals surface area contributed by atoms with E-state index in [1.165, 1.54) is 11.1 Å². The van der Waals surface area contributed by atoms with E-state index in [4.69, 9.17) is 16.3 Å². The molecule has 17 heavy (non-hydrogen) atoms. The molecule has 0 saturated carbocycles. The first-order valence-electron chi connectivity index (χ1n) is 5.58. The summed E-state index contributed by atoms with van der Waals surface area (Å²) in [5.74, 6) is 0.683. The number of carbonyl (C=O) groups is 1. The van der Waals surface area contributed by atoms with Crippen LogP contribution in [0.15, 0.2) is 12.1 Å². The summed E-state index contributed by atoms with van der Waals surface area (Å²) in [4.78, 5) is 10.9. The van der Waals surface area contributed by atoms with Crippen LogP contribution in [-0.4, -0.2) is 24.9 Å². The fourth-order valence-electron chi connectivity index (χ4n) is 1.49. The van der Waals surface area contributed by atoms with E-state index < -0.39 is 0 Å². The maximum absolute atomic E-state index is 10.9. The van der Waals surface area contributed by atoms with Crippen molar-refractivity contribution in [2.24, 2.45) is 0 Å². The number of alkyl halides is 1. The molecule has 0 spiro atoms. The lowest BCUT2D eigenvalue weighted by Crippen LogP contribution is -2.28. The van der Waals surface area contributed by atoms with E-state index >= 15 is 0 Å². The predicted molar refractivity (Wildman–Crippen MR) is 69.9 cm³/mol. The lowest BCUT2D eigenvalue weighted by Gasteiger charge is -2.12. The molecule has 1 aromatic carbocycles. The van der Waals surface area contributed by atoms with Crippen LogP contribution in [0, 0.1) is 20.8 Å². The van der Waals surface area contributed by atoms with Crippen LogP contribution in [0.1, 0.15) is 16.7 Å². The molecule has 0 aromatic heterocycles. The number of hydrogen-bond acceptors (Lipinski definition) is 2. The van der Waals surface area contributed by atoms with Crippen molar-refractivity contribution < 1.29 is 9.53 Å². The van der Waals surface area contributed by atoms with E-state index in [1.807, 2.05) is 13.0 Å². The molecule has 1 amide bonds. The molecule has 0 aliphatic rings. The number of benzene rings is 1. The molecule has 94 valence electrons. The maximum atomic E-state index is 10.9. The average Bonchev–Trinajstić information content (AvgIpc) is 2.30. The SMILES string of the molecule is Cc1cc(C)c(OCCNC(=O)CCl)cc1C. The fourth-order valence-corrected chi connectivity index (χ4v) is 1.58. The van der Waals surface area contributed by atoms with Crippen LogP contribution in [-0.2, 0) is 4.79 Å². The van der Waals surface area contributed by atoms with Gasteiger partial charge in [0.15, 0.2) is 0 Å². The standard InChI is InChI=1S/C13H18ClNO2/c1-9-6-11(3)12(7-10(9)2)17-5-4-15-13(16)8-14/h6-7H,4-5,8H2,1-3H3,(H,15,16). The number of carbonyl (C=O) groups excluding carboxylic acids is 1. The van der Waals surface area contributed by atoms with Gasteiger partial charge in [0.1, 0.15) is 18.2 Å². The summed E-state index contributed by atoms with van der Waals surface area (Å²) in [5.41, 5.74) is 3.57. The van der Waals surface area contributed by atoms with E-state index in [2.05, 4.69) is 25.2 Å². The monoisotopic (exact) mass is 255 g/mol. The second kappa shape index (κ2) is 6.50. The number of halogens is 1. The van der Waals surface area contributed by atoms with E-state index in [9.17, 15) is 4.79 Å². The minimum Gasteiger partial charge on any atom is -0.491 e. The van der Waals surface area contributed by atoms with Crippen LogP contribution in [0.2, 0.25) is 0 Å². The molecule has 1 rings (SSSR count). The number of aryl methyl sites for hydroxylation is 3. The summed E-state index contributed by atoms with van der Waals surface area (Å²) in [7, 11) is 0. The van der Waals surface area contributed by atoms with Crippen molar-refractivity contribution in [3.8, 4) is 5.75 Å². The maximum Gasteiger partial charge on any atom is 0.235 e. The molecule has 1 aromatic rings. The van der Waals surface area contributed by atoms with Crippen LogP contribution in [0.5, 0.6) is 5.75 Å². The number of hydrogen-bond donors (Lipinski definition) is 1. The van der Waals surface area contributed by atoms with Gasteiger partial charge in [0, 0.05) is 0 Å². The molecule has 4 heteroatoms. The van der Waals surface area contributed by atoms with Crippen molar-refractivity contribution in [1.82, 2.24) is 5.32 Å². The number of nitrogens with one attached hydrogen (secondary N) is 1. The Morgan fingerprint density at radius 3 is 2.53 bits per heavy atom. The van der Waals surface area contributed by atoms with Gasteiger partial charge in [0.2, 0.25) is 5.91 Å². The third kappa shape index (κ3) is 4.27. The highest BCUT2D eigenvalue weighted by Gasteiger charge is 2.03. The summed E-state index contributed by atoms with van der Waals surface area (Å²) in [6.07, 6.45) is 0. The molecule has 0 atom stereocenters. The molecule has 0 aliphatic carbocycles. The lowest BCUT2D eigenvalue weighted by atomic mass is 10.1. The molecule has 0 fully saturated rings. The van der Waals surface area contributed by atoms with Gasteiger partial charge in [-0.3, -0.25) is 4.79 Å². The fraction of sp³-hybridized carbons (Fsp3) is 0.462. The van der Waals surface area contributed by atoms with Crippen molar-refractivity contribution in [3.05, 3.63) is 28.8 Å². The van der Waals surface area contributed by atoms with Crippen molar-refractivity contribution in [2.45, 2.75) is 20.8 Å². The molecular formula is C13H18ClNO2.